The maximum atomic E-state index is 12.8. The van der Waals surface area contributed by atoms with Gasteiger partial charge < -0.3 is 11.1 Å². The predicted molar refractivity (Wildman–Crippen MR) is 71.1 cm³/mol. The van der Waals surface area contributed by atoms with Crippen LogP contribution in [0.2, 0.25) is 0 Å². The highest BCUT2D eigenvalue weighted by Gasteiger charge is 2.33. The summed E-state index contributed by atoms with van der Waals surface area (Å²) in [6.45, 7) is 0. The Morgan fingerprint density at radius 1 is 1.21 bits per heavy atom. The van der Waals surface area contributed by atoms with E-state index < -0.39 is 11.7 Å². The molecule has 0 fully saturated rings. The van der Waals surface area contributed by atoms with Crippen LogP contribution in [-0.4, -0.2) is 4.98 Å². The summed E-state index contributed by atoms with van der Waals surface area (Å²) in [6.07, 6.45) is -2.92. The fourth-order valence-corrected chi connectivity index (χ4v) is 1.97. The quantitative estimate of drug-likeness (QED) is 0.867. The van der Waals surface area contributed by atoms with Gasteiger partial charge in [0.1, 0.15) is 5.82 Å². The molecule has 1 aromatic carbocycles. The van der Waals surface area contributed by atoms with Gasteiger partial charge in [-0.15, -0.1) is 0 Å². The van der Waals surface area contributed by atoms with Gasteiger partial charge in [-0.05, 0) is 30.3 Å². The third kappa shape index (κ3) is 3.17. The van der Waals surface area contributed by atoms with E-state index in [9.17, 15) is 13.2 Å². The molecular formula is C12H9BrF3N3. The fraction of sp³-hybridized carbons (Fsp3) is 0.0833. The Labute approximate surface area is 115 Å². The van der Waals surface area contributed by atoms with Crippen LogP contribution in [0.15, 0.2) is 41.0 Å². The number of nitrogens with two attached hydrogens (primary N) is 1. The zero-order valence-electron chi connectivity index (χ0n) is 9.50. The average Bonchev–Trinajstić information content (AvgIpc) is 2.33. The van der Waals surface area contributed by atoms with Crippen molar-refractivity contribution >= 4 is 33.1 Å². The molecule has 2 aromatic rings. The van der Waals surface area contributed by atoms with Crippen molar-refractivity contribution in [3.63, 3.8) is 0 Å². The molecule has 0 bridgehead atoms. The number of halogens is 4. The minimum atomic E-state index is -4.42. The summed E-state index contributed by atoms with van der Waals surface area (Å²) in [5.41, 5.74) is 5.61. The van der Waals surface area contributed by atoms with E-state index in [4.69, 9.17) is 5.73 Å². The molecule has 0 amide bonds. The maximum Gasteiger partial charge on any atom is 0.417 e. The van der Waals surface area contributed by atoms with Crippen molar-refractivity contribution in [2.75, 3.05) is 11.1 Å². The van der Waals surface area contributed by atoms with Crippen molar-refractivity contribution in [2.24, 2.45) is 0 Å². The number of nitrogen functional groups attached to an aromatic ring is 1. The predicted octanol–water partition coefficient (Wildman–Crippen LogP) is 4.19. The van der Waals surface area contributed by atoms with Crippen LogP contribution in [0.4, 0.5) is 30.4 Å². The maximum absolute atomic E-state index is 12.8. The summed E-state index contributed by atoms with van der Waals surface area (Å²) in [5.74, 6) is 0.221. The fourth-order valence-electron chi connectivity index (χ4n) is 1.50. The highest BCUT2D eigenvalue weighted by Crippen LogP contribution is 2.37. The van der Waals surface area contributed by atoms with Crippen molar-refractivity contribution in [1.29, 1.82) is 0 Å². The van der Waals surface area contributed by atoms with E-state index >= 15 is 0 Å². The van der Waals surface area contributed by atoms with Gasteiger partial charge in [0.2, 0.25) is 0 Å². The minimum Gasteiger partial charge on any atom is -0.382 e. The first-order chi connectivity index (χ1) is 8.88. The summed E-state index contributed by atoms with van der Waals surface area (Å²) in [7, 11) is 0. The van der Waals surface area contributed by atoms with Crippen LogP contribution in [0.1, 0.15) is 5.56 Å². The van der Waals surface area contributed by atoms with Crippen molar-refractivity contribution in [3.05, 3.63) is 46.6 Å². The van der Waals surface area contributed by atoms with E-state index in [0.29, 0.717) is 5.69 Å². The Morgan fingerprint density at radius 2 is 1.95 bits per heavy atom. The monoisotopic (exact) mass is 331 g/mol. The molecule has 0 unspecified atom stereocenters. The second kappa shape index (κ2) is 5.08. The first-order valence-corrected chi connectivity index (χ1v) is 6.01. The van der Waals surface area contributed by atoms with Crippen LogP contribution in [0.25, 0.3) is 0 Å². The van der Waals surface area contributed by atoms with E-state index in [0.717, 1.165) is 6.07 Å². The number of alkyl halides is 3. The smallest absolute Gasteiger partial charge is 0.382 e. The summed E-state index contributed by atoms with van der Waals surface area (Å²) in [4.78, 5) is 3.85. The Kier molecular flexibility index (Phi) is 3.66. The number of nitrogens with zero attached hydrogens (tertiary/aromatic N) is 1. The number of pyridine rings is 1. The number of hydrogen-bond acceptors (Lipinski definition) is 3. The Hall–Kier alpha value is -1.76. The molecule has 3 N–H and O–H groups in total. The number of nitrogens with one attached hydrogen (secondary N) is 1. The zero-order valence-corrected chi connectivity index (χ0v) is 11.1. The summed E-state index contributed by atoms with van der Waals surface area (Å²) < 4.78 is 38.2. The molecule has 3 nitrogen and oxygen atoms in total. The molecule has 100 valence electrons. The normalized spacial score (nSPS) is 11.4. The van der Waals surface area contributed by atoms with Crippen LogP contribution in [0, 0.1) is 0 Å². The highest BCUT2D eigenvalue weighted by atomic mass is 79.9. The standard InChI is InChI=1S/C12H9BrF3N3/c13-9-4-3-7(6-8(9)12(14,15)16)19-10-2-1-5-18-11(10)17/h1-6,19H,(H2,17,18). The van der Waals surface area contributed by atoms with Crippen LogP contribution in [-0.2, 0) is 6.18 Å². The van der Waals surface area contributed by atoms with Crippen molar-refractivity contribution < 1.29 is 13.2 Å². The molecule has 0 aliphatic carbocycles. The second-order valence-electron chi connectivity index (χ2n) is 3.75. The minimum absolute atomic E-state index is 0.00953. The molecule has 0 saturated carbocycles. The molecule has 0 atom stereocenters. The Morgan fingerprint density at radius 3 is 2.58 bits per heavy atom. The molecule has 1 heterocycles. The molecule has 0 saturated heterocycles. The lowest BCUT2D eigenvalue weighted by Gasteiger charge is -2.13. The van der Waals surface area contributed by atoms with Crippen molar-refractivity contribution in [1.82, 2.24) is 4.98 Å². The largest absolute Gasteiger partial charge is 0.417 e. The number of anilines is 3. The highest BCUT2D eigenvalue weighted by molar-refractivity contribution is 9.10. The van der Waals surface area contributed by atoms with Gasteiger partial charge >= 0.3 is 6.18 Å². The van der Waals surface area contributed by atoms with Crippen molar-refractivity contribution in [3.8, 4) is 0 Å². The third-order valence-electron chi connectivity index (χ3n) is 2.39. The number of rotatable bonds is 2. The zero-order chi connectivity index (χ0) is 14.0. The summed E-state index contributed by atoms with van der Waals surface area (Å²) in [6, 6.07) is 7.14. The van der Waals surface area contributed by atoms with E-state index in [1.165, 1.54) is 18.3 Å². The molecule has 2 rings (SSSR count). The molecule has 1 aromatic heterocycles. The van der Waals surface area contributed by atoms with Crippen LogP contribution >= 0.6 is 15.9 Å². The third-order valence-corrected chi connectivity index (χ3v) is 3.08. The van der Waals surface area contributed by atoms with Gasteiger partial charge in [-0.1, -0.05) is 15.9 Å². The van der Waals surface area contributed by atoms with Crippen LogP contribution in [0.5, 0.6) is 0 Å². The van der Waals surface area contributed by atoms with E-state index in [1.54, 1.807) is 12.1 Å². The number of benzene rings is 1. The van der Waals surface area contributed by atoms with Crippen molar-refractivity contribution in [2.45, 2.75) is 6.18 Å². The topological polar surface area (TPSA) is 50.9 Å². The van der Waals surface area contributed by atoms with Gasteiger partial charge in [-0.2, -0.15) is 13.2 Å². The second-order valence-corrected chi connectivity index (χ2v) is 4.61. The molecule has 0 aliphatic rings. The Bertz CT molecular complexity index is 599. The van der Waals surface area contributed by atoms with E-state index in [1.807, 2.05) is 0 Å². The van der Waals surface area contributed by atoms with Crippen LogP contribution < -0.4 is 11.1 Å². The number of aromatic nitrogens is 1. The van der Waals surface area contributed by atoms with Gasteiger partial charge in [0, 0.05) is 16.4 Å². The summed E-state index contributed by atoms with van der Waals surface area (Å²) >= 11 is 2.88. The molecule has 0 radical (unpaired) electrons. The van der Waals surface area contributed by atoms with Gasteiger partial charge in [-0.25, -0.2) is 4.98 Å². The number of hydrogen-bond donors (Lipinski definition) is 2. The molecule has 19 heavy (non-hydrogen) atoms. The molecular weight excluding hydrogens is 323 g/mol. The van der Waals surface area contributed by atoms with E-state index in [-0.39, 0.29) is 16.0 Å². The Balaban J connectivity index is 2.35. The van der Waals surface area contributed by atoms with E-state index in [2.05, 4.69) is 26.2 Å². The van der Waals surface area contributed by atoms with Crippen LogP contribution in [0.3, 0.4) is 0 Å². The SMILES string of the molecule is Nc1ncccc1Nc1ccc(Br)c(C(F)(F)F)c1. The van der Waals surface area contributed by atoms with Gasteiger partial charge in [0.25, 0.3) is 0 Å². The lowest BCUT2D eigenvalue weighted by atomic mass is 10.2. The van der Waals surface area contributed by atoms with Gasteiger partial charge in [-0.3, -0.25) is 0 Å². The first kappa shape index (κ1) is 13.7. The first-order valence-electron chi connectivity index (χ1n) is 5.22. The van der Waals surface area contributed by atoms with Gasteiger partial charge in [0.15, 0.2) is 0 Å². The lowest BCUT2D eigenvalue weighted by molar-refractivity contribution is -0.138. The van der Waals surface area contributed by atoms with Gasteiger partial charge in [0.05, 0.1) is 11.3 Å². The summed E-state index contributed by atoms with van der Waals surface area (Å²) in [5, 5.41) is 2.80. The lowest BCUT2D eigenvalue weighted by Crippen LogP contribution is -2.07. The molecule has 0 spiro atoms. The molecule has 0 aliphatic heterocycles. The molecule has 7 heteroatoms. The average molecular weight is 332 g/mol.